The Kier molecular flexibility index (Phi) is 5.59. The number of nitrogens with zero attached hydrogens (tertiary/aromatic N) is 4. The van der Waals surface area contributed by atoms with Crippen LogP contribution in [0.5, 0.6) is 0 Å². The fraction of sp³-hybridized carbons (Fsp3) is 0.278. The molecule has 0 radical (unpaired) electrons. The number of methoxy groups -OCH3 is 1. The maximum atomic E-state index is 12.7. The standard InChI is InChI=1S/C18H19N5O6/c1-10-5-11(23-9-19-8-20-23)6-12(17(26)27)14(10)21-15-13(18(28)29-2)7-22(3-4-24)16(15)25/h5-6,8-9,21,24H,3-4,7H2,1-2H3,(H,26,27). The summed E-state index contributed by atoms with van der Waals surface area (Å²) in [5.41, 5.74) is 1.02. The Morgan fingerprint density at radius 1 is 1.34 bits per heavy atom. The molecule has 3 rings (SSSR count). The average Bonchev–Trinajstić information content (AvgIpc) is 3.33. The van der Waals surface area contributed by atoms with Crippen molar-refractivity contribution in [2.75, 3.05) is 32.1 Å². The third kappa shape index (κ3) is 3.80. The van der Waals surface area contributed by atoms with E-state index in [4.69, 9.17) is 9.84 Å². The molecule has 0 spiro atoms. The van der Waals surface area contributed by atoms with Crippen LogP contribution in [0.2, 0.25) is 0 Å². The fourth-order valence-corrected chi connectivity index (χ4v) is 3.05. The first-order valence-corrected chi connectivity index (χ1v) is 8.59. The topological polar surface area (TPSA) is 147 Å². The minimum absolute atomic E-state index is 0.0283. The molecule has 1 aromatic heterocycles. The predicted molar refractivity (Wildman–Crippen MR) is 99.4 cm³/mol. The molecule has 1 aliphatic rings. The number of carbonyl (C=O) groups excluding carboxylic acids is 2. The van der Waals surface area contributed by atoms with Gasteiger partial charge in [-0.1, -0.05) is 0 Å². The Bertz CT molecular complexity index is 998. The summed E-state index contributed by atoms with van der Waals surface area (Å²) < 4.78 is 6.15. The number of aromatic carboxylic acids is 1. The Balaban J connectivity index is 2.06. The molecule has 11 heteroatoms. The van der Waals surface area contributed by atoms with Gasteiger partial charge < -0.3 is 25.2 Å². The summed E-state index contributed by atoms with van der Waals surface area (Å²) in [5, 5.41) is 25.6. The molecular weight excluding hydrogens is 382 g/mol. The summed E-state index contributed by atoms with van der Waals surface area (Å²) >= 11 is 0. The van der Waals surface area contributed by atoms with E-state index in [-0.39, 0.29) is 42.2 Å². The third-order valence-corrected chi connectivity index (χ3v) is 4.44. The van der Waals surface area contributed by atoms with Crippen LogP contribution in [0.1, 0.15) is 15.9 Å². The second-order valence-corrected chi connectivity index (χ2v) is 6.25. The van der Waals surface area contributed by atoms with Crippen molar-refractivity contribution in [1.82, 2.24) is 19.7 Å². The van der Waals surface area contributed by atoms with Crippen molar-refractivity contribution in [2.45, 2.75) is 6.92 Å². The Hall–Kier alpha value is -3.73. The quantitative estimate of drug-likeness (QED) is 0.543. The lowest BCUT2D eigenvalue weighted by Gasteiger charge is -2.17. The van der Waals surface area contributed by atoms with Gasteiger partial charge in [-0.15, -0.1) is 0 Å². The van der Waals surface area contributed by atoms with E-state index in [1.807, 2.05) is 0 Å². The molecular formula is C18H19N5O6. The normalized spacial score (nSPS) is 13.8. The average molecular weight is 401 g/mol. The number of hydrogen-bond acceptors (Lipinski definition) is 8. The zero-order valence-corrected chi connectivity index (χ0v) is 15.7. The van der Waals surface area contributed by atoms with Gasteiger partial charge in [0.2, 0.25) is 0 Å². The van der Waals surface area contributed by atoms with Gasteiger partial charge in [0.25, 0.3) is 5.91 Å². The van der Waals surface area contributed by atoms with Crippen molar-refractivity contribution in [3.63, 3.8) is 0 Å². The van der Waals surface area contributed by atoms with E-state index < -0.39 is 17.8 Å². The minimum Gasteiger partial charge on any atom is -0.478 e. The van der Waals surface area contributed by atoms with Crippen LogP contribution in [-0.4, -0.2) is 74.5 Å². The van der Waals surface area contributed by atoms with Crippen LogP contribution in [0, 0.1) is 6.92 Å². The van der Waals surface area contributed by atoms with Crippen molar-refractivity contribution in [3.05, 3.63) is 47.2 Å². The van der Waals surface area contributed by atoms with Crippen molar-refractivity contribution in [2.24, 2.45) is 0 Å². The van der Waals surface area contributed by atoms with E-state index in [9.17, 15) is 19.5 Å². The second kappa shape index (κ2) is 8.10. The number of rotatable bonds is 7. The van der Waals surface area contributed by atoms with Gasteiger partial charge >= 0.3 is 11.9 Å². The van der Waals surface area contributed by atoms with E-state index in [0.29, 0.717) is 11.3 Å². The fourth-order valence-electron chi connectivity index (χ4n) is 3.05. The molecule has 0 fully saturated rings. The lowest BCUT2D eigenvalue weighted by atomic mass is 10.1. The van der Waals surface area contributed by atoms with E-state index in [1.54, 1.807) is 13.0 Å². The summed E-state index contributed by atoms with van der Waals surface area (Å²) in [6.45, 7) is 1.37. The van der Waals surface area contributed by atoms with E-state index in [0.717, 1.165) is 0 Å². The zero-order chi connectivity index (χ0) is 21.1. The van der Waals surface area contributed by atoms with Crippen molar-refractivity contribution in [3.8, 4) is 5.69 Å². The van der Waals surface area contributed by atoms with Crippen molar-refractivity contribution in [1.29, 1.82) is 0 Å². The van der Waals surface area contributed by atoms with Crippen LogP contribution in [0.15, 0.2) is 36.1 Å². The number of aliphatic hydroxyl groups is 1. The number of hydrogen-bond donors (Lipinski definition) is 3. The molecule has 2 aromatic rings. The molecule has 0 atom stereocenters. The Morgan fingerprint density at radius 3 is 2.69 bits per heavy atom. The third-order valence-electron chi connectivity index (χ3n) is 4.44. The molecule has 1 aliphatic heterocycles. The van der Waals surface area contributed by atoms with Crippen LogP contribution in [0.3, 0.4) is 0 Å². The first kappa shape index (κ1) is 20.0. The summed E-state index contributed by atoms with van der Waals surface area (Å²) in [6.07, 6.45) is 2.75. The van der Waals surface area contributed by atoms with Crippen molar-refractivity contribution < 1.29 is 29.3 Å². The maximum absolute atomic E-state index is 12.7. The molecule has 3 N–H and O–H groups in total. The van der Waals surface area contributed by atoms with Crippen molar-refractivity contribution >= 4 is 23.5 Å². The van der Waals surface area contributed by atoms with E-state index in [1.165, 1.54) is 35.4 Å². The number of esters is 1. The molecule has 2 heterocycles. The number of nitrogens with one attached hydrogen (secondary N) is 1. The van der Waals surface area contributed by atoms with Gasteiger partial charge in [-0.2, -0.15) is 5.10 Å². The number of anilines is 1. The largest absolute Gasteiger partial charge is 0.478 e. The summed E-state index contributed by atoms with van der Waals surface area (Å²) in [7, 11) is 1.19. The number of carbonyl (C=O) groups is 3. The molecule has 1 amide bonds. The molecule has 1 aromatic carbocycles. The molecule has 0 saturated heterocycles. The Morgan fingerprint density at radius 2 is 2.10 bits per heavy atom. The predicted octanol–water partition coefficient (Wildman–Crippen LogP) is -0.0526. The molecule has 0 bridgehead atoms. The smallest absolute Gasteiger partial charge is 0.337 e. The first-order valence-electron chi connectivity index (χ1n) is 8.59. The van der Waals surface area contributed by atoms with Crippen LogP contribution < -0.4 is 5.32 Å². The number of ether oxygens (including phenoxy) is 1. The van der Waals surface area contributed by atoms with Gasteiger partial charge in [-0.3, -0.25) is 4.79 Å². The number of carboxylic acid groups (broad SMARTS) is 1. The number of aromatic nitrogens is 3. The van der Waals surface area contributed by atoms with Gasteiger partial charge in [-0.05, 0) is 24.6 Å². The number of aryl methyl sites for hydroxylation is 1. The lowest BCUT2D eigenvalue weighted by molar-refractivity contribution is -0.136. The number of amides is 1. The highest BCUT2D eigenvalue weighted by Gasteiger charge is 2.35. The highest BCUT2D eigenvalue weighted by atomic mass is 16.5. The highest BCUT2D eigenvalue weighted by Crippen LogP contribution is 2.29. The number of β-amino-alcohol motifs (C(OH)–C–C–N with tert-alkyl or cyclic N) is 1. The minimum atomic E-state index is -1.23. The summed E-state index contributed by atoms with van der Waals surface area (Å²) in [4.78, 5) is 41.8. The summed E-state index contributed by atoms with van der Waals surface area (Å²) in [5.74, 6) is -2.47. The monoisotopic (exact) mass is 401 g/mol. The SMILES string of the molecule is COC(=O)C1=C(Nc2c(C)cc(-n3cncn3)cc2C(=O)O)C(=O)N(CCO)C1. The molecule has 29 heavy (non-hydrogen) atoms. The van der Waals surface area contributed by atoms with E-state index in [2.05, 4.69) is 15.4 Å². The van der Waals surface area contributed by atoms with Crippen LogP contribution in [-0.2, 0) is 14.3 Å². The van der Waals surface area contributed by atoms with Gasteiger partial charge in [0, 0.05) is 6.54 Å². The number of carboxylic acids is 1. The van der Waals surface area contributed by atoms with Crippen LogP contribution in [0.25, 0.3) is 5.69 Å². The van der Waals surface area contributed by atoms with Gasteiger partial charge in [0.15, 0.2) is 0 Å². The van der Waals surface area contributed by atoms with Gasteiger partial charge in [0.05, 0.1) is 42.8 Å². The van der Waals surface area contributed by atoms with Crippen LogP contribution >= 0.6 is 0 Å². The molecule has 0 unspecified atom stereocenters. The summed E-state index contributed by atoms with van der Waals surface area (Å²) in [6, 6.07) is 3.06. The highest BCUT2D eigenvalue weighted by molar-refractivity contribution is 6.09. The first-order chi connectivity index (χ1) is 13.9. The molecule has 11 nitrogen and oxygen atoms in total. The maximum Gasteiger partial charge on any atom is 0.337 e. The number of benzene rings is 1. The lowest BCUT2D eigenvalue weighted by Crippen LogP contribution is -2.31. The van der Waals surface area contributed by atoms with E-state index >= 15 is 0 Å². The molecule has 0 saturated carbocycles. The number of aliphatic hydroxyl groups excluding tert-OH is 1. The van der Waals surface area contributed by atoms with Gasteiger partial charge in [-0.25, -0.2) is 19.3 Å². The molecule has 152 valence electrons. The van der Waals surface area contributed by atoms with Gasteiger partial charge in [0.1, 0.15) is 18.4 Å². The Labute approximate surface area is 165 Å². The van der Waals surface area contributed by atoms with Crippen LogP contribution in [0.4, 0.5) is 5.69 Å². The zero-order valence-electron chi connectivity index (χ0n) is 15.7. The molecule has 0 aliphatic carbocycles. The second-order valence-electron chi connectivity index (χ2n) is 6.25.